The first-order valence-corrected chi connectivity index (χ1v) is 6.08. The Morgan fingerprint density at radius 1 is 1.15 bits per heavy atom. The summed E-state index contributed by atoms with van der Waals surface area (Å²) in [4.78, 5) is 22.1. The van der Waals surface area contributed by atoms with E-state index in [-0.39, 0.29) is 17.9 Å². The highest BCUT2D eigenvalue weighted by molar-refractivity contribution is 5.96. The molecule has 2 aromatic rings. The van der Waals surface area contributed by atoms with Crippen LogP contribution in [0.3, 0.4) is 0 Å². The van der Waals surface area contributed by atoms with Crippen LogP contribution in [0.1, 0.15) is 28.4 Å². The molecule has 0 saturated heterocycles. The van der Waals surface area contributed by atoms with E-state index in [0.29, 0.717) is 11.1 Å². The summed E-state index contributed by atoms with van der Waals surface area (Å²) in [7, 11) is 0. The Morgan fingerprint density at radius 2 is 1.85 bits per heavy atom. The average molecular weight is 271 g/mol. The van der Waals surface area contributed by atoms with E-state index in [2.05, 4.69) is 0 Å². The molecule has 0 heterocycles. The monoisotopic (exact) mass is 271 g/mol. The van der Waals surface area contributed by atoms with Crippen molar-refractivity contribution in [2.45, 2.75) is 12.5 Å². The van der Waals surface area contributed by atoms with Gasteiger partial charge in [0.25, 0.3) is 5.69 Å². The molecular weight excluding hydrogens is 258 g/mol. The number of hydrogen-bond donors (Lipinski definition) is 1. The van der Waals surface area contributed by atoms with Gasteiger partial charge in [-0.3, -0.25) is 14.9 Å². The summed E-state index contributed by atoms with van der Waals surface area (Å²) in [5.41, 5.74) is 0.772. The van der Waals surface area contributed by atoms with Crippen molar-refractivity contribution in [3.8, 4) is 0 Å². The lowest BCUT2D eigenvalue weighted by Crippen LogP contribution is -2.07. The van der Waals surface area contributed by atoms with Gasteiger partial charge in [-0.25, -0.2) is 0 Å². The van der Waals surface area contributed by atoms with Crippen molar-refractivity contribution in [3.63, 3.8) is 0 Å². The van der Waals surface area contributed by atoms with Crippen molar-refractivity contribution in [1.82, 2.24) is 0 Å². The zero-order valence-electron chi connectivity index (χ0n) is 10.6. The smallest absolute Gasteiger partial charge is 0.269 e. The number of hydrogen-bond acceptors (Lipinski definition) is 4. The minimum atomic E-state index is -1.05. The third-order valence-electron chi connectivity index (χ3n) is 2.94. The lowest BCUT2D eigenvalue weighted by molar-refractivity contribution is -0.385. The molecule has 0 aliphatic carbocycles. The van der Waals surface area contributed by atoms with Crippen molar-refractivity contribution in [2.24, 2.45) is 0 Å². The molecule has 5 heteroatoms. The number of ketones is 1. The van der Waals surface area contributed by atoms with Gasteiger partial charge in [-0.2, -0.15) is 0 Å². The Balaban J connectivity index is 2.12. The molecule has 1 N–H and O–H groups in total. The number of nitro groups is 1. The predicted molar refractivity (Wildman–Crippen MR) is 73.4 cm³/mol. The van der Waals surface area contributed by atoms with Gasteiger partial charge in [0.1, 0.15) is 0 Å². The molecule has 0 saturated carbocycles. The van der Waals surface area contributed by atoms with E-state index < -0.39 is 11.0 Å². The number of benzene rings is 2. The molecule has 0 aromatic heterocycles. The van der Waals surface area contributed by atoms with E-state index in [1.165, 1.54) is 18.2 Å². The molecule has 0 bridgehead atoms. The van der Waals surface area contributed by atoms with Crippen LogP contribution in [0, 0.1) is 10.1 Å². The SMILES string of the molecule is O=C(CC(O)c1cccc([N+](=O)[O-])c1)c1ccccc1. The van der Waals surface area contributed by atoms with Crippen LogP contribution in [-0.4, -0.2) is 15.8 Å². The molecule has 0 aliphatic heterocycles. The van der Waals surface area contributed by atoms with Crippen molar-refractivity contribution < 1.29 is 14.8 Å². The van der Waals surface area contributed by atoms with E-state index in [1.54, 1.807) is 36.4 Å². The minimum absolute atomic E-state index is 0.103. The second kappa shape index (κ2) is 6.08. The van der Waals surface area contributed by atoms with Gasteiger partial charge >= 0.3 is 0 Å². The number of rotatable bonds is 5. The summed E-state index contributed by atoms with van der Waals surface area (Å²) < 4.78 is 0. The highest BCUT2D eigenvalue weighted by Gasteiger charge is 2.16. The third-order valence-corrected chi connectivity index (χ3v) is 2.94. The summed E-state index contributed by atoms with van der Waals surface area (Å²) in [5, 5.41) is 20.7. The van der Waals surface area contributed by atoms with Gasteiger partial charge in [-0.15, -0.1) is 0 Å². The average Bonchev–Trinajstić information content (AvgIpc) is 2.48. The lowest BCUT2D eigenvalue weighted by atomic mass is 10.00. The normalized spacial score (nSPS) is 11.8. The van der Waals surface area contributed by atoms with E-state index >= 15 is 0 Å². The maximum atomic E-state index is 12.0. The van der Waals surface area contributed by atoms with Crippen molar-refractivity contribution >= 4 is 11.5 Å². The van der Waals surface area contributed by atoms with Crippen LogP contribution in [0.5, 0.6) is 0 Å². The number of aliphatic hydroxyl groups is 1. The highest BCUT2D eigenvalue weighted by Crippen LogP contribution is 2.22. The van der Waals surface area contributed by atoms with Crippen LogP contribution in [0.2, 0.25) is 0 Å². The zero-order valence-corrected chi connectivity index (χ0v) is 10.6. The largest absolute Gasteiger partial charge is 0.388 e. The molecule has 1 atom stereocenters. The molecule has 0 radical (unpaired) electrons. The summed E-state index contributed by atoms with van der Waals surface area (Å²) in [6.07, 6.45) is -1.16. The van der Waals surface area contributed by atoms with Crippen LogP contribution in [-0.2, 0) is 0 Å². The topological polar surface area (TPSA) is 80.4 Å². The number of nitro benzene ring substituents is 1. The van der Waals surface area contributed by atoms with Gasteiger partial charge in [0, 0.05) is 24.1 Å². The summed E-state index contributed by atoms with van der Waals surface area (Å²) in [5.74, 6) is -0.204. The maximum absolute atomic E-state index is 12.0. The second-order valence-corrected chi connectivity index (χ2v) is 4.36. The van der Waals surface area contributed by atoms with Crippen LogP contribution in [0.4, 0.5) is 5.69 Å². The number of carbonyl (C=O) groups is 1. The Kier molecular flexibility index (Phi) is 4.22. The Hall–Kier alpha value is -2.53. The highest BCUT2D eigenvalue weighted by atomic mass is 16.6. The minimum Gasteiger partial charge on any atom is -0.388 e. The van der Waals surface area contributed by atoms with Crippen LogP contribution in [0.15, 0.2) is 54.6 Å². The number of carbonyl (C=O) groups excluding carboxylic acids is 1. The molecule has 0 aliphatic rings. The Morgan fingerprint density at radius 3 is 2.50 bits per heavy atom. The number of aliphatic hydroxyl groups excluding tert-OH is 1. The van der Waals surface area contributed by atoms with E-state index in [1.807, 2.05) is 0 Å². The second-order valence-electron chi connectivity index (χ2n) is 4.36. The van der Waals surface area contributed by atoms with Gasteiger partial charge in [0.15, 0.2) is 5.78 Å². The fourth-order valence-electron chi connectivity index (χ4n) is 1.88. The Bertz CT molecular complexity index is 625. The predicted octanol–water partition coefficient (Wildman–Crippen LogP) is 2.90. The molecule has 0 fully saturated rings. The molecule has 0 spiro atoms. The molecule has 2 rings (SSSR count). The van der Waals surface area contributed by atoms with Crippen LogP contribution in [0.25, 0.3) is 0 Å². The third kappa shape index (κ3) is 3.27. The summed E-state index contributed by atoms with van der Waals surface area (Å²) >= 11 is 0. The first-order chi connectivity index (χ1) is 9.58. The number of nitrogens with zero attached hydrogens (tertiary/aromatic N) is 1. The van der Waals surface area contributed by atoms with Crippen LogP contribution < -0.4 is 0 Å². The number of Topliss-reactive ketones (excluding diaryl/α,β-unsaturated/α-hetero) is 1. The molecule has 1 unspecified atom stereocenters. The molecule has 20 heavy (non-hydrogen) atoms. The standard InChI is InChI=1S/C15H13NO4/c17-14(11-5-2-1-3-6-11)10-15(18)12-7-4-8-13(9-12)16(19)20/h1-9,15,18H,10H2. The molecule has 5 nitrogen and oxygen atoms in total. The molecular formula is C15H13NO4. The quantitative estimate of drug-likeness (QED) is 0.515. The maximum Gasteiger partial charge on any atom is 0.269 e. The zero-order chi connectivity index (χ0) is 14.5. The fraction of sp³-hybridized carbons (Fsp3) is 0.133. The first-order valence-electron chi connectivity index (χ1n) is 6.08. The molecule has 0 amide bonds. The van der Waals surface area contributed by atoms with Gasteiger partial charge < -0.3 is 5.11 Å². The van der Waals surface area contributed by atoms with Gasteiger partial charge in [0.05, 0.1) is 11.0 Å². The van der Waals surface area contributed by atoms with E-state index in [9.17, 15) is 20.0 Å². The van der Waals surface area contributed by atoms with Crippen molar-refractivity contribution in [1.29, 1.82) is 0 Å². The molecule has 102 valence electrons. The lowest BCUT2D eigenvalue weighted by Gasteiger charge is -2.10. The van der Waals surface area contributed by atoms with Crippen LogP contribution >= 0.6 is 0 Å². The fourth-order valence-corrected chi connectivity index (χ4v) is 1.88. The van der Waals surface area contributed by atoms with E-state index in [0.717, 1.165) is 0 Å². The van der Waals surface area contributed by atoms with Crippen molar-refractivity contribution in [3.05, 3.63) is 75.8 Å². The van der Waals surface area contributed by atoms with Gasteiger partial charge in [-0.05, 0) is 5.56 Å². The van der Waals surface area contributed by atoms with Gasteiger partial charge in [-0.1, -0.05) is 42.5 Å². The first kappa shape index (κ1) is 13.9. The van der Waals surface area contributed by atoms with E-state index in [4.69, 9.17) is 0 Å². The number of non-ortho nitro benzene ring substituents is 1. The van der Waals surface area contributed by atoms with Crippen molar-refractivity contribution in [2.75, 3.05) is 0 Å². The summed E-state index contributed by atoms with van der Waals surface area (Å²) in [6, 6.07) is 14.3. The Labute approximate surface area is 115 Å². The summed E-state index contributed by atoms with van der Waals surface area (Å²) in [6.45, 7) is 0. The molecule has 2 aromatic carbocycles. The van der Waals surface area contributed by atoms with Gasteiger partial charge in [0.2, 0.25) is 0 Å².